The SMILES string of the molecule is C=C(CO)C1C(COC)c2c(cc(C(C)(C)C)c3ccccc23)-c2cc(-c3cncc4occc34)cc[n+]21. The largest absolute Gasteiger partial charge is 0.463 e. The van der Waals surface area contributed by atoms with Gasteiger partial charge in [-0.15, -0.1) is 0 Å². The summed E-state index contributed by atoms with van der Waals surface area (Å²) in [5, 5.41) is 13.8. The van der Waals surface area contributed by atoms with Gasteiger partial charge < -0.3 is 14.3 Å². The molecule has 0 aliphatic carbocycles. The van der Waals surface area contributed by atoms with Crippen LogP contribution in [0.4, 0.5) is 0 Å². The number of nitrogens with zero attached hydrogens (tertiary/aromatic N) is 2. The lowest BCUT2D eigenvalue weighted by Gasteiger charge is -2.34. The van der Waals surface area contributed by atoms with E-state index in [1.807, 2.05) is 12.3 Å². The molecule has 2 unspecified atom stereocenters. The highest BCUT2D eigenvalue weighted by molar-refractivity contribution is 5.97. The molecule has 5 aromatic rings. The van der Waals surface area contributed by atoms with Gasteiger partial charge in [-0.2, -0.15) is 4.57 Å². The summed E-state index contributed by atoms with van der Waals surface area (Å²) in [5.41, 5.74) is 8.38. The van der Waals surface area contributed by atoms with E-state index < -0.39 is 0 Å². The van der Waals surface area contributed by atoms with Crippen molar-refractivity contribution in [2.24, 2.45) is 0 Å². The minimum Gasteiger partial charge on any atom is -0.463 e. The first kappa shape index (κ1) is 24.5. The molecule has 2 aromatic carbocycles. The van der Waals surface area contributed by atoms with Gasteiger partial charge in [0.25, 0.3) is 0 Å². The monoisotopic (exact) mass is 505 g/mol. The van der Waals surface area contributed by atoms with Gasteiger partial charge in [0, 0.05) is 42.0 Å². The quantitative estimate of drug-likeness (QED) is 0.212. The highest BCUT2D eigenvalue weighted by Crippen LogP contribution is 2.47. The average molecular weight is 506 g/mol. The van der Waals surface area contributed by atoms with Crippen LogP contribution in [0.25, 0.3) is 44.1 Å². The van der Waals surface area contributed by atoms with E-state index in [0.717, 1.165) is 33.4 Å². The number of ether oxygens (including phenoxy) is 1. The summed E-state index contributed by atoms with van der Waals surface area (Å²) in [6.45, 7) is 11.5. The van der Waals surface area contributed by atoms with Crippen molar-refractivity contribution in [3.05, 3.63) is 96.7 Å². The average Bonchev–Trinajstić information content (AvgIpc) is 3.40. The van der Waals surface area contributed by atoms with Crippen LogP contribution in [0, 0.1) is 0 Å². The second-order valence-electron chi connectivity index (χ2n) is 11.2. The van der Waals surface area contributed by atoms with Crippen molar-refractivity contribution in [2.75, 3.05) is 20.3 Å². The van der Waals surface area contributed by atoms with E-state index in [1.54, 1.807) is 19.6 Å². The Morgan fingerprint density at radius 1 is 1.05 bits per heavy atom. The third-order valence-corrected chi connectivity index (χ3v) is 7.87. The predicted molar refractivity (Wildman–Crippen MR) is 151 cm³/mol. The molecule has 0 saturated carbocycles. The molecule has 192 valence electrons. The molecule has 0 bridgehead atoms. The Labute approximate surface area is 223 Å². The lowest BCUT2D eigenvalue weighted by Crippen LogP contribution is -2.49. The summed E-state index contributed by atoms with van der Waals surface area (Å²) in [4.78, 5) is 4.43. The first-order chi connectivity index (χ1) is 18.3. The predicted octanol–water partition coefficient (Wildman–Crippen LogP) is 6.73. The van der Waals surface area contributed by atoms with Crippen molar-refractivity contribution in [2.45, 2.75) is 38.1 Å². The number of hydrogen-bond acceptors (Lipinski definition) is 4. The number of pyridine rings is 2. The molecule has 38 heavy (non-hydrogen) atoms. The van der Waals surface area contributed by atoms with Crippen molar-refractivity contribution < 1.29 is 18.8 Å². The van der Waals surface area contributed by atoms with Gasteiger partial charge in [0.05, 0.1) is 37.2 Å². The zero-order valence-corrected chi connectivity index (χ0v) is 22.4. The molecule has 1 N–H and O–H groups in total. The first-order valence-electron chi connectivity index (χ1n) is 13.0. The fraction of sp³-hybridized carbons (Fsp3) is 0.273. The lowest BCUT2D eigenvalue weighted by molar-refractivity contribution is -0.709. The van der Waals surface area contributed by atoms with E-state index in [1.165, 1.54) is 27.5 Å². The van der Waals surface area contributed by atoms with Crippen LogP contribution in [-0.2, 0) is 10.2 Å². The molecule has 0 saturated heterocycles. The third-order valence-electron chi connectivity index (χ3n) is 7.87. The maximum absolute atomic E-state index is 10.3. The van der Waals surface area contributed by atoms with Gasteiger partial charge in [-0.1, -0.05) is 51.6 Å². The molecular weight excluding hydrogens is 472 g/mol. The summed E-state index contributed by atoms with van der Waals surface area (Å²) in [6.07, 6.45) is 7.47. The fourth-order valence-electron chi connectivity index (χ4n) is 6.17. The van der Waals surface area contributed by atoms with E-state index in [9.17, 15) is 5.11 Å². The highest BCUT2D eigenvalue weighted by atomic mass is 16.5. The molecular formula is C33H33N2O3+. The molecule has 6 rings (SSSR count). The van der Waals surface area contributed by atoms with Crippen LogP contribution >= 0.6 is 0 Å². The van der Waals surface area contributed by atoms with E-state index in [4.69, 9.17) is 9.15 Å². The van der Waals surface area contributed by atoms with Gasteiger partial charge in [-0.25, -0.2) is 0 Å². The van der Waals surface area contributed by atoms with E-state index in [2.05, 4.69) is 85.6 Å². The highest BCUT2D eigenvalue weighted by Gasteiger charge is 2.43. The van der Waals surface area contributed by atoms with Crippen molar-refractivity contribution in [1.82, 2.24) is 4.98 Å². The molecule has 1 aliphatic rings. The van der Waals surface area contributed by atoms with Crippen molar-refractivity contribution in [1.29, 1.82) is 0 Å². The minimum atomic E-state index is -0.150. The Balaban J connectivity index is 1.71. The molecule has 0 amide bonds. The van der Waals surface area contributed by atoms with Crippen LogP contribution in [0.5, 0.6) is 0 Å². The zero-order chi connectivity index (χ0) is 26.6. The van der Waals surface area contributed by atoms with Gasteiger partial charge in [0.2, 0.25) is 5.69 Å². The molecule has 2 atom stereocenters. The summed E-state index contributed by atoms with van der Waals surface area (Å²) in [6, 6.07) is 17.2. The topological polar surface area (TPSA) is 59.4 Å². The standard InChI is InChI=1S/C33H33N2O3/c1-20(18-36)32-27(19-37-5)31-24-9-7-6-8-22(24)28(33(2,3)4)15-25(31)29-14-21(10-12-35(29)32)26-16-34-17-30-23(26)11-13-38-30/h6-17,27,32,36H,1,18-19H2,2-5H3/q+1. The third kappa shape index (κ3) is 3.77. The van der Waals surface area contributed by atoms with Gasteiger partial charge in [-0.3, -0.25) is 4.98 Å². The maximum Gasteiger partial charge on any atom is 0.213 e. The van der Waals surface area contributed by atoms with Crippen LogP contribution in [0.3, 0.4) is 0 Å². The smallest absolute Gasteiger partial charge is 0.213 e. The first-order valence-corrected chi connectivity index (χ1v) is 13.0. The molecule has 3 aromatic heterocycles. The molecule has 0 spiro atoms. The summed E-state index contributed by atoms with van der Waals surface area (Å²) in [7, 11) is 1.74. The second-order valence-corrected chi connectivity index (χ2v) is 11.2. The van der Waals surface area contributed by atoms with E-state index in [-0.39, 0.29) is 24.0 Å². The van der Waals surface area contributed by atoms with Gasteiger partial charge >= 0.3 is 0 Å². The normalized spacial score (nSPS) is 17.0. The number of methoxy groups -OCH3 is 1. The molecule has 5 heteroatoms. The Morgan fingerprint density at radius 2 is 1.84 bits per heavy atom. The van der Waals surface area contributed by atoms with Crippen LogP contribution in [0.1, 0.15) is 43.9 Å². The lowest BCUT2D eigenvalue weighted by atomic mass is 9.74. The number of aliphatic hydroxyl groups is 1. The molecule has 0 radical (unpaired) electrons. The number of aromatic nitrogens is 2. The number of benzene rings is 2. The minimum absolute atomic E-state index is 0.00380. The van der Waals surface area contributed by atoms with Gasteiger partial charge in [-0.05, 0) is 45.0 Å². The molecule has 0 fully saturated rings. The number of fused-ring (bicyclic) bond motifs is 6. The number of rotatable bonds is 5. The van der Waals surface area contributed by atoms with Crippen molar-refractivity contribution >= 4 is 21.7 Å². The van der Waals surface area contributed by atoms with Crippen LogP contribution in [-0.4, -0.2) is 30.4 Å². The number of hydrogen-bond donors (Lipinski definition) is 1. The zero-order valence-electron chi connectivity index (χ0n) is 22.4. The van der Waals surface area contributed by atoms with Crippen molar-refractivity contribution in [3.8, 4) is 22.4 Å². The number of aliphatic hydroxyl groups excluding tert-OH is 1. The van der Waals surface area contributed by atoms with Crippen LogP contribution < -0.4 is 4.57 Å². The molecule has 1 aliphatic heterocycles. The molecule has 5 nitrogen and oxygen atoms in total. The second kappa shape index (κ2) is 9.19. The van der Waals surface area contributed by atoms with E-state index in [0.29, 0.717) is 6.61 Å². The van der Waals surface area contributed by atoms with Crippen LogP contribution in [0.2, 0.25) is 0 Å². The molecule has 4 heterocycles. The van der Waals surface area contributed by atoms with E-state index >= 15 is 0 Å². The maximum atomic E-state index is 10.3. The number of furan rings is 1. The Morgan fingerprint density at radius 3 is 2.58 bits per heavy atom. The van der Waals surface area contributed by atoms with Gasteiger partial charge in [0.1, 0.15) is 0 Å². The summed E-state index contributed by atoms with van der Waals surface area (Å²) in [5.74, 6) is -0.00380. The van der Waals surface area contributed by atoms with Gasteiger partial charge in [0.15, 0.2) is 17.8 Å². The summed E-state index contributed by atoms with van der Waals surface area (Å²) < 4.78 is 13.7. The Bertz CT molecular complexity index is 1690. The fourth-order valence-corrected chi connectivity index (χ4v) is 6.17. The van der Waals surface area contributed by atoms with Crippen molar-refractivity contribution in [3.63, 3.8) is 0 Å². The Hall–Kier alpha value is -3.80. The Kier molecular flexibility index (Phi) is 5.93. The van der Waals surface area contributed by atoms with Crippen LogP contribution in [0.15, 0.2) is 90.0 Å². The summed E-state index contributed by atoms with van der Waals surface area (Å²) >= 11 is 0.